The molecule has 0 saturated heterocycles. The number of Topliss-reactive ketones (excluding diaryl/α,β-unsaturated/α-hetero) is 1. The molecule has 1 aromatic carbocycles. The lowest BCUT2D eigenvalue weighted by Gasteiger charge is -1.97. The maximum Gasteiger partial charge on any atom is 0.303 e. The third-order valence-electron chi connectivity index (χ3n) is 1.01. The fourth-order valence-corrected chi connectivity index (χ4v) is 0.536. The van der Waals surface area contributed by atoms with Gasteiger partial charge >= 0.3 is 5.97 Å². The maximum atomic E-state index is 12.1. The first kappa shape index (κ1) is 2.94. The lowest BCUT2D eigenvalue weighted by Crippen LogP contribution is -2.03. The van der Waals surface area contributed by atoms with Gasteiger partial charge in [-0.1, -0.05) is 30.2 Å². The van der Waals surface area contributed by atoms with Crippen molar-refractivity contribution in [1.82, 2.24) is 0 Å². The monoisotopic (exact) mass is 187 g/mol. The van der Waals surface area contributed by atoms with Crippen molar-refractivity contribution in [3.8, 4) is 0 Å². The van der Waals surface area contributed by atoms with E-state index in [0.717, 1.165) is 0 Å². The summed E-state index contributed by atoms with van der Waals surface area (Å²) >= 11 is 0. The predicted molar refractivity (Wildman–Crippen MR) is 47.6 cm³/mol. The molecule has 0 bridgehead atoms. The van der Waals surface area contributed by atoms with Crippen molar-refractivity contribution < 1.29 is 27.0 Å². The highest BCUT2D eigenvalue weighted by atomic mass is 16.4. The minimum absolute atomic E-state index is 0.812. The highest BCUT2D eigenvalue weighted by Gasteiger charge is 2.06. The number of rotatable bonds is 4. The predicted octanol–water partition coefficient (Wildman–Crippen LogP) is 1.73. The van der Waals surface area contributed by atoms with Gasteiger partial charge in [-0.3, -0.25) is 9.59 Å². The van der Waals surface area contributed by atoms with Gasteiger partial charge in [0, 0.05) is 17.4 Å². The molecule has 0 radical (unpaired) electrons. The van der Waals surface area contributed by atoms with Crippen LogP contribution in [0, 0.1) is 0 Å². The number of aliphatic carboxylic acids is 1. The Kier molecular flexibility index (Phi) is 0.996. The van der Waals surface area contributed by atoms with E-state index in [9.17, 15) is 9.59 Å². The summed E-state index contributed by atoms with van der Waals surface area (Å²) in [6.07, 6.45) is -7.28. The van der Waals surface area contributed by atoms with Gasteiger partial charge in [-0.15, -0.1) is 0 Å². The molecule has 0 aliphatic carbocycles. The minimum Gasteiger partial charge on any atom is -0.481 e. The van der Waals surface area contributed by atoms with Gasteiger partial charge in [0.2, 0.25) is 0 Å². The van der Waals surface area contributed by atoms with E-state index in [1.165, 1.54) is 0 Å². The van der Waals surface area contributed by atoms with Crippen molar-refractivity contribution in [1.29, 1.82) is 0 Å². The van der Waals surface area contributed by atoms with Gasteiger partial charge in [0.1, 0.15) is 0 Å². The van der Waals surface area contributed by atoms with Crippen LogP contribution in [-0.2, 0) is 4.79 Å². The topological polar surface area (TPSA) is 54.4 Å². The molecule has 1 rings (SSSR count). The van der Waals surface area contributed by atoms with Gasteiger partial charge < -0.3 is 5.11 Å². The first-order chi connectivity index (χ1) is 9.78. The average molecular weight is 187 g/mol. The molecule has 68 valence electrons. The summed E-state index contributed by atoms with van der Waals surface area (Å²) in [5.41, 5.74) is -1.10. The molecule has 0 aromatic heterocycles. The third kappa shape index (κ3) is 3.07. The van der Waals surface area contributed by atoms with Gasteiger partial charge in [0.25, 0.3) is 0 Å². The van der Waals surface area contributed by atoms with Crippen LogP contribution in [0.1, 0.15) is 35.4 Å². The zero-order valence-corrected chi connectivity index (χ0v) is 6.26. The first-order valence-corrected chi connectivity index (χ1v) is 3.13. The summed E-state index contributed by atoms with van der Waals surface area (Å²) in [4.78, 5) is 22.9. The van der Waals surface area contributed by atoms with E-state index in [1.54, 1.807) is 0 Å². The Labute approximate surface area is 88.7 Å². The largest absolute Gasteiger partial charge is 0.481 e. The second-order valence-corrected chi connectivity index (χ2v) is 1.88. The van der Waals surface area contributed by atoms with Gasteiger partial charge in [-0.25, -0.2) is 0 Å². The molecular formula is C10H10O3. The Balaban J connectivity index is 3.64. The van der Waals surface area contributed by atoms with Gasteiger partial charge in [-0.2, -0.15) is 0 Å². The van der Waals surface area contributed by atoms with Crippen molar-refractivity contribution in [2.75, 3.05) is 0 Å². The third-order valence-corrected chi connectivity index (χ3v) is 1.01. The van der Waals surface area contributed by atoms with Crippen LogP contribution in [0.25, 0.3) is 0 Å². The number of hydrogen-bond acceptors (Lipinski definition) is 2. The standard InChI is InChI=1S/C10H10O3/c11-9(6-7-10(12)13)8-4-2-1-3-5-8/h1-5H,6-7H2,(H,12,13)/i1D,2D,3D,4D,5D,6D2,7D2. The smallest absolute Gasteiger partial charge is 0.303 e. The van der Waals surface area contributed by atoms with E-state index in [-0.39, 0.29) is 0 Å². The van der Waals surface area contributed by atoms with E-state index in [4.69, 9.17) is 17.4 Å². The van der Waals surface area contributed by atoms with Crippen LogP contribution in [0.2, 0.25) is 0 Å². The summed E-state index contributed by atoms with van der Waals surface area (Å²) in [5, 5.41) is 8.70. The number of hydrogen-bond donors (Lipinski definition) is 1. The SMILES string of the molecule is [2H]c1c([2H])c([2H])c(C(=O)C([2H])([2H])C([2H])([2H])C(=O)O)c([2H])c1[2H]. The highest BCUT2D eigenvalue weighted by Crippen LogP contribution is 2.04. The van der Waals surface area contributed by atoms with Crippen LogP contribution >= 0.6 is 0 Å². The Morgan fingerprint density at radius 1 is 1.31 bits per heavy atom. The molecule has 0 fully saturated rings. The molecule has 0 spiro atoms. The molecule has 3 heteroatoms. The number of carbonyl (C=O) groups excluding carboxylic acids is 1. The first-order valence-electron chi connectivity index (χ1n) is 7.63. The molecule has 0 atom stereocenters. The van der Waals surface area contributed by atoms with Crippen molar-refractivity contribution >= 4 is 11.8 Å². The molecule has 0 aliphatic rings. The van der Waals surface area contributed by atoms with Crippen LogP contribution in [-0.4, -0.2) is 16.9 Å². The number of ketones is 1. The second kappa shape index (κ2) is 4.40. The average Bonchev–Trinajstić information content (AvgIpc) is 2.42. The fraction of sp³-hybridized carbons (Fsp3) is 0.200. The molecule has 0 aliphatic heterocycles. The summed E-state index contributed by atoms with van der Waals surface area (Å²) in [6.45, 7) is 0. The number of carboxylic acids is 1. The summed E-state index contributed by atoms with van der Waals surface area (Å²) in [5.74, 6) is -4.09. The van der Waals surface area contributed by atoms with Crippen molar-refractivity contribution in [3.05, 3.63) is 35.8 Å². The lowest BCUT2D eigenvalue weighted by molar-refractivity contribution is -0.136. The van der Waals surface area contributed by atoms with Gasteiger partial charge in [-0.05, 0) is 0 Å². The number of carbonyl (C=O) groups is 2. The van der Waals surface area contributed by atoms with E-state index in [2.05, 4.69) is 0 Å². The minimum atomic E-state index is -3.65. The Morgan fingerprint density at radius 2 is 1.92 bits per heavy atom. The Morgan fingerprint density at radius 3 is 2.46 bits per heavy atom. The summed E-state index contributed by atoms with van der Waals surface area (Å²) < 4.78 is 66.3. The summed E-state index contributed by atoms with van der Waals surface area (Å²) in [6, 6.07) is -4.68. The molecule has 1 aromatic rings. The van der Waals surface area contributed by atoms with E-state index in [0.29, 0.717) is 0 Å². The molecule has 3 nitrogen and oxygen atoms in total. The molecule has 0 saturated carbocycles. The molecular weight excluding hydrogens is 168 g/mol. The van der Waals surface area contributed by atoms with Crippen LogP contribution < -0.4 is 0 Å². The molecule has 0 unspecified atom stereocenters. The molecule has 13 heavy (non-hydrogen) atoms. The van der Waals surface area contributed by atoms with Crippen LogP contribution in [0.3, 0.4) is 0 Å². The van der Waals surface area contributed by atoms with Crippen LogP contribution in [0.4, 0.5) is 0 Å². The summed E-state index contributed by atoms with van der Waals surface area (Å²) in [7, 11) is 0. The van der Waals surface area contributed by atoms with Crippen LogP contribution in [0.5, 0.6) is 0 Å². The zero-order chi connectivity index (χ0) is 17.6. The number of benzene rings is 1. The lowest BCUT2D eigenvalue weighted by atomic mass is 10.1. The molecule has 1 N–H and O–H groups in total. The normalized spacial score (nSPS) is 21.7. The molecule has 0 amide bonds. The van der Waals surface area contributed by atoms with Crippen LogP contribution in [0.15, 0.2) is 30.2 Å². The zero-order valence-electron chi connectivity index (χ0n) is 15.3. The fourth-order valence-electron chi connectivity index (χ4n) is 0.536. The quantitative estimate of drug-likeness (QED) is 0.730. The Hall–Kier alpha value is -1.64. The van der Waals surface area contributed by atoms with E-state index < -0.39 is 60.3 Å². The van der Waals surface area contributed by atoms with Gasteiger partial charge in [0.15, 0.2) is 5.78 Å². The van der Waals surface area contributed by atoms with Crippen molar-refractivity contribution in [2.24, 2.45) is 0 Å². The Bertz CT molecular complexity index is 639. The molecule has 0 heterocycles. The van der Waals surface area contributed by atoms with E-state index >= 15 is 0 Å². The van der Waals surface area contributed by atoms with Crippen molar-refractivity contribution in [3.63, 3.8) is 0 Å². The highest BCUT2D eigenvalue weighted by molar-refractivity contribution is 5.97. The second-order valence-electron chi connectivity index (χ2n) is 1.88. The van der Waals surface area contributed by atoms with Gasteiger partial charge in [0.05, 0.1) is 13.2 Å². The van der Waals surface area contributed by atoms with E-state index in [1.807, 2.05) is 0 Å². The van der Waals surface area contributed by atoms with Crippen molar-refractivity contribution in [2.45, 2.75) is 12.7 Å². The number of carboxylic acid groups (broad SMARTS) is 1. The maximum absolute atomic E-state index is 12.1.